The second-order valence-corrected chi connectivity index (χ2v) is 15.5. The Balaban J connectivity index is 0.000000226. The molecule has 20 heteroatoms. The number of nitrogens with two attached hydrogens (primary N) is 1. The zero-order valence-corrected chi connectivity index (χ0v) is 34.8. The maximum Gasteiger partial charge on any atom is 0.416 e. The Morgan fingerprint density at radius 1 is 0.500 bits per heavy atom. The average molecular weight is 979 g/mol. The Labute approximate surface area is 378 Å². The monoisotopic (exact) mass is 978 g/mol. The summed E-state index contributed by atoms with van der Waals surface area (Å²) < 4.78 is 212. The van der Waals surface area contributed by atoms with Gasteiger partial charge in [0.25, 0.3) is 0 Å². The van der Waals surface area contributed by atoms with Crippen molar-refractivity contribution in [2.24, 2.45) is 5.73 Å². The lowest BCUT2D eigenvalue weighted by Gasteiger charge is -2.38. The summed E-state index contributed by atoms with van der Waals surface area (Å²) in [4.78, 5) is 0. The van der Waals surface area contributed by atoms with Crippen molar-refractivity contribution in [3.05, 3.63) is 213 Å². The Kier molecular flexibility index (Phi) is 16.5. The summed E-state index contributed by atoms with van der Waals surface area (Å²) in [6.07, 6.45) is -23.2. The molecule has 1 heterocycles. The minimum absolute atomic E-state index is 0.0368. The van der Waals surface area contributed by atoms with E-state index in [0.29, 0.717) is 23.3 Å². The van der Waals surface area contributed by atoms with Crippen LogP contribution < -0.4 is 11.1 Å². The average Bonchev–Trinajstić information content (AvgIpc) is 4.13. The molecule has 0 radical (unpaired) electrons. The summed E-state index contributed by atoms with van der Waals surface area (Å²) in [5.41, 5.74) is 2.03. The number of ether oxygens (including phenoxy) is 1. The number of hydrogen-bond donors (Lipinski definition) is 3. The van der Waals surface area contributed by atoms with E-state index < -0.39 is 88.9 Å². The number of alkyl halides is 12. The van der Waals surface area contributed by atoms with Crippen LogP contribution in [0.2, 0.25) is 0 Å². The molecule has 364 valence electrons. The van der Waals surface area contributed by atoms with Gasteiger partial charge >= 0.3 is 24.7 Å². The lowest BCUT2D eigenvalue weighted by atomic mass is 9.77. The molecule has 1 fully saturated rings. The van der Waals surface area contributed by atoms with Gasteiger partial charge in [-0.25, -0.2) is 17.6 Å². The lowest BCUT2D eigenvalue weighted by Crippen LogP contribution is -2.51. The molecule has 0 bridgehead atoms. The van der Waals surface area contributed by atoms with Gasteiger partial charge in [-0.2, -0.15) is 52.7 Å². The maximum absolute atomic E-state index is 14.4. The molecule has 6 aromatic rings. The van der Waals surface area contributed by atoms with E-state index >= 15 is 0 Å². The Bertz CT molecular complexity index is 2550. The van der Waals surface area contributed by atoms with Crippen molar-refractivity contribution in [3.8, 4) is 0 Å². The van der Waals surface area contributed by atoms with Gasteiger partial charge in [-0.15, -0.1) is 0 Å². The smallest absolute Gasteiger partial charge is 0.382 e. The fourth-order valence-electron chi connectivity index (χ4n) is 6.94. The van der Waals surface area contributed by atoms with E-state index in [9.17, 15) is 75.4 Å². The molecule has 0 aromatic heterocycles. The highest BCUT2D eigenvalue weighted by molar-refractivity contribution is 5.45. The van der Waals surface area contributed by atoms with Gasteiger partial charge in [-0.05, 0) is 107 Å². The molecule has 1 saturated heterocycles. The van der Waals surface area contributed by atoms with Crippen LogP contribution in [0, 0.1) is 23.3 Å². The summed E-state index contributed by atoms with van der Waals surface area (Å²) >= 11 is 0. The molecule has 0 saturated carbocycles. The second kappa shape index (κ2) is 21.1. The van der Waals surface area contributed by atoms with E-state index in [1.165, 1.54) is 36.4 Å². The van der Waals surface area contributed by atoms with Crippen LogP contribution in [0.15, 0.2) is 146 Å². The Morgan fingerprint density at radius 3 is 1.29 bits per heavy atom. The molecule has 6 aromatic carbocycles. The first-order chi connectivity index (χ1) is 31.6. The highest BCUT2D eigenvalue weighted by atomic mass is 19.4. The number of halogens is 16. The standard InChI is InChI=1S/C24H19F8NO.C21H16F5N.C3H3F3O/c25-19-8-6-16(7-9-19)22(13-15-4-2-1-3-5-15,33-14-21(34)24(30,31)32)17-10-18(23(27,28)29)12-20(26)11-17;22-18-8-6-15(7-9-18)20(27,13-14-4-2-1-3-5-14)16-10-17(21(24,25)26)12-19(23)11-16;4-3(5,6)2-1-7-2/h1-12,21,33-34H,13-14H2;1-12H,13,27H2;2H,1H2/t21-,22-;20-;2-/m111/s1. The largest absolute Gasteiger partial charge is 0.416 e. The first kappa shape index (κ1) is 53.0. The van der Waals surface area contributed by atoms with E-state index in [1.54, 1.807) is 60.7 Å². The molecule has 4 nitrogen and oxygen atoms in total. The highest BCUT2D eigenvalue weighted by Gasteiger charge is 2.49. The van der Waals surface area contributed by atoms with Crippen molar-refractivity contribution < 1.29 is 80.1 Å². The predicted molar refractivity (Wildman–Crippen MR) is 218 cm³/mol. The molecule has 0 spiro atoms. The van der Waals surface area contributed by atoms with Gasteiger partial charge in [-0.1, -0.05) is 84.9 Å². The van der Waals surface area contributed by atoms with Gasteiger partial charge in [0, 0.05) is 6.54 Å². The summed E-state index contributed by atoms with van der Waals surface area (Å²) in [5, 5.41) is 12.1. The van der Waals surface area contributed by atoms with Crippen molar-refractivity contribution in [1.82, 2.24) is 5.32 Å². The zero-order chi connectivity index (χ0) is 50.3. The molecule has 1 aliphatic rings. The predicted octanol–water partition coefficient (Wildman–Crippen LogP) is 12.4. The van der Waals surface area contributed by atoms with E-state index in [4.69, 9.17) is 5.73 Å². The summed E-state index contributed by atoms with van der Waals surface area (Å²) in [7, 11) is 0. The van der Waals surface area contributed by atoms with E-state index in [-0.39, 0.29) is 42.2 Å². The number of aliphatic hydroxyl groups excluding tert-OH is 1. The van der Waals surface area contributed by atoms with Gasteiger partial charge in [0.15, 0.2) is 12.2 Å². The molecule has 4 N–H and O–H groups in total. The Hall–Kier alpha value is -5.96. The lowest BCUT2D eigenvalue weighted by molar-refractivity contribution is -0.202. The maximum atomic E-state index is 14.4. The Morgan fingerprint density at radius 2 is 0.897 bits per heavy atom. The minimum Gasteiger partial charge on any atom is -0.382 e. The van der Waals surface area contributed by atoms with Crippen LogP contribution >= 0.6 is 0 Å². The SMILES string of the molecule is FC(F)(F)[C@H]1CO1.N[C@](Cc1ccccc1)(c1ccc(F)cc1)c1cc(F)cc(C(F)(F)F)c1.O[C@H](CN[C@](Cc1ccccc1)(c1ccc(F)cc1)c1cc(F)cc(C(F)(F)F)c1)C(F)(F)F. The van der Waals surface area contributed by atoms with Gasteiger partial charge in [-0.3, -0.25) is 0 Å². The third-order valence-electron chi connectivity index (χ3n) is 10.5. The minimum atomic E-state index is -5.02. The van der Waals surface area contributed by atoms with Gasteiger partial charge in [0.2, 0.25) is 0 Å². The zero-order valence-electron chi connectivity index (χ0n) is 34.8. The van der Waals surface area contributed by atoms with Crippen molar-refractivity contribution in [2.75, 3.05) is 13.2 Å². The summed E-state index contributed by atoms with van der Waals surface area (Å²) in [6, 6.07) is 30.4. The quantitative estimate of drug-likeness (QED) is 0.0894. The molecule has 7 rings (SSSR count). The van der Waals surface area contributed by atoms with Crippen molar-refractivity contribution >= 4 is 0 Å². The fraction of sp³-hybridized carbons (Fsp3) is 0.250. The molecule has 0 aliphatic carbocycles. The third-order valence-corrected chi connectivity index (χ3v) is 10.5. The van der Waals surface area contributed by atoms with Gasteiger partial charge in [0.05, 0.1) is 28.8 Å². The van der Waals surface area contributed by atoms with Crippen molar-refractivity contribution in [3.63, 3.8) is 0 Å². The van der Waals surface area contributed by atoms with Crippen LogP contribution in [-0.4, -0.2) is 42.8 Å². The second-order valence-electron chi connectivity index (χ2n) is 15.5. The van der Waals surface area contributed by atoms with Gasteiger partial charge < -0.3 is 20.9 Å². The van der Waals surface area contributed by atoms with Crippen LogP contribution in [0.25, 0.3) is 0 Å². The van der Waals surface area contributed by atoms with E-state index in [0.717, 1.165) is 35.9 Å². The molecule has 0 unspecified atom stereocenters. The summed E-state index contributed by atoms with van der Waals surface area (Å²) in [6.45, 7) is -1.27. The number of rotatable bonds is 11. The molecule has 4 atom stereocenters. The van der Waals surface area contributed by atoms with Gasteiger partial charge in [0.1, 0.15) is 23.3 Å². The van der Waals surface area contributed by atoms with Crippen molar-refractivity contribution in [2.45, 2.75) is 60.8 Å². The first-order valence-corrected chi connectivity index (χ1v) is 19.9. The van der Waals surface area contributed by atoms with Crippen LogP contribution in [0.4, 0.5) is 70.2 Å². The van der Waals surface area contributed by atoms with E-state index in [2.05, 4.69) is 10.1 Å². The van der Waals surface area contributed by atoms with E-state index in [1.807, 2.05) is 0 Å². The van der Waals surface area contributed by atoms with Crippen LogP contribution in [-0.2, 0) is 41.0 Å². The molecular formula is C48H38F16N2O2. The van der Waals surface area contributed by atoms with Crippen molar-refractivity contribution in [1.29, 1.82) is 0 Å². The number of hydrogen-bond acceptors (Lipinski definition) is 4. The number of benzene rings is 6. The number of nitrogens with one attached hydrogen (secondary N) is 1. The van der Waals surface area contributed by atoms with Crippen LogP contribution in [0.3, 0.4) is 0 Å². The molecule has 0 amide bonds. The summed E-state index contributed by atoms with van der Waals surface area (Å²) in [5.74, 6) is -3.49. The van der Waals surface area contributed by atoms with Crippen LogP contribution in [0.1, 0.15) is 44.5 Å². The molecule has 1 aliphatic heterocycles. The highest BCUT2D eigenvalue weighted by Crippen LogP contribution is 2.40. The fourth-order valence-corrected chi connectivity index (χ4v) is 6.94. The van der Waals surface area contributed by atoms with Crippen LogP contribution in [0.5, 0.6) is 0 Å². The topological polar surface area (TPSA) is 70.8 Å². The molecule has 68 heavy (non-hydrogen) atoms. The molecular weight excluding hydrogens is 941 g/mol. The first-order valence-electron chi connectivity index (χ1n) is 19.9. The number of aliphatic hydroxyl groups is 1. The number of epoxide rings is 1. The third kappa shape index (κ3) is 14.3. The normalized spacial score (nSPS) is 16.2.